The van der Waals surface area contributed by atoms with E-state index in [4.69, 9.17) is 4.74 Å². The van der Waals surface area contributed by atoms with Crippen LogP contribution in [0, 0.1) is 5.82 Å². The fraction of sp³-hybridized carbons (Fsp3) is 0.300. The maximum absolute atomic E-state index is 13.4. The summed E-state index contributed by atoms with van der Waals surface area (Å²) in [4.78, 5) is 16.7. The Morgan fingerprint density at radius 3 is 2.97 bits per heavy atom. The molecule has 2 aromatic heterocycles. The van der Waals surface area contributed by atoms with E-state index in [2.05, 4.69) is 25.9 Å². The minimum Gasteiger partial charge on any atom is -0.439 e. The third-order valence-electron chi connectivity index (χ3n) is 4.73. The lowest BCUT2D eigenvalue weighted by Gasteiger charge is -2.22. The van der Waals surface area contributed by atoms with Gasteiger partial charge in [0.2, 0.25) is 5.88 Å². The first-order valence-electron chi connectivity index (χ1n) is 9.47. The monoisotopic (exact) mass is 396 g/mol. The molecule has 3 aromatic rings. The van der Waals surface area contributed by atoms with E-state index in [9.17, 15) is 9.18 Å². The largest absolute Gasteiger partial charge is 0.439 e. The highest BCUT2D eigenvalue weighted by Gasteiger charge is 2.19. The van der Waals surface area contributed by atoms with Crippen LogP contribution < -0.4 is 15.4 Å². The lowest BCUT2D eigenvalue weighted by atomic mass is 10.1. The number of carbonyl (C=O) groups excluding carboxylic acids is 1. The van der Waals surface area contributed by atoms with Crippen molar-refractivity contribution in [2.24, 2.45) is 0 Å². The number of aromatic nitrogens is 4. The molecular formula is C20H21FN6O2. The van der Waals surface area contributed by atoms with Gasteiger partial charge < -0.3 is 15.4 Å². The number of amides is 1. The van der Waals surface area contributed by atoms with Crippen LogP contribution in [0.5, 0.6) is 11.6 Å². The number of halogens is 1. The summed E-state index contributed by atoms with van der Waals surface area (Å²) < 4.78 is 20.8. The maximum atomic E-state index is 13.4. The molecule has 1 aliphatic rings. The van der Waals surface area contributed by atoms with Gasteiger partial charge in [-0.3, -0.25) is 4.79 Å². The second kappa shape index (κ2) is 8.78. The number of nitrogens with zero attached hydrogens (tertiary/aromatic N) is 4. The molecule has 1 aromatic carbocycles. The van der Waals surface area contributed by atoms with Crippen molar-refractivity contribution in [2.75, 3.05) is 13.1 Å². The third kappa shape index (κ3) is 4.75. The number of nitrogens with one attached hydrogen (secondary N) is 2. The highest BCUT2D eigenvalue weighted by Crippen LogP contribution is 2.23. The van der Waals surface area contributed by atoms with Crippen LogP contribution >= 0.6 is 0 Å². The highest BCUT2D eigenvalue weighted by atomic mass is 19.1. The van der Waals surface area contributed by atoms with E-state index in [1.807, 2.05) is 0 Å². The standard InChI is InChI=1S/C20H21FN6O2/c21-15-4-1-5-17(11-15)29-20-14(3-2-8-23-20)12-24-19(28)18-13-27(26-25-18)16-6-9-22-10-7-16/h1-5,8,11,13,16,22H,6-7,9-10,12H2,(H,24,28). The Balaban J connectivity index is 1.40. The Labute approximate surface area is 167 Å². The number of pyridine rings is 1. The summed E-state index contributed by atoms with van der Waals surface area (Å²) in [5, 5.41) is 14.2. The fourth-order valence-electron chi connectivity index (χ4n) is 3.19. The Hall–Kier alpha value is -3.33. The first-order valence-corrected chi connectivity index (χ1v) is 9.47. The molecule has 0 atom stereocenters. The zero-order valence-corrected chi connectivity index (χ0v) is 15.7. The maximum Gasteiger partial charge on any atom is 0.273 e. The lowest BCUT2D eigenvalue weighted by molar-refractivity contribution is 0.0945. The number of hydrogen-bond donors (Lipinski definition) is 2. The van der Waals surface area contributed by atoms with Gasteiger partial charge in [0.1, 0.15) is 11.6 Å². The zero-order chi connectivity index (χ0) is 20.1. The second-order valence-electron chi connectivity index (χ2n) is 6.77. The molecule has 0 aliphatic carbocycles. The van der Waals surface area contributed by atoms with E-state index in [1.165, 1.54) is 12.1 Å². The molecule has 1 saturated heterocycles. The summed E-state index contributed by atoms with van der Waals surface area (Å²) >= 11 is 0. The molecule has 3 heterocycles. The molecule has 4 rings (SSSR count). The van der Waals surface area contributed by atoms with Crippen molar-refractivity contribution in [3.05, 3.63) is 65.9 Å². The average molecular weight is 396 g/mol. The zero-order valence-electron chi connectivity index (χ0n) is 15.7. The second-order valence-corrected chi connectivity index (χ2v) is 6.77. The van der Waals surface area contributed by atoms with Crippen molar-refractivity contribution in [3.63, 3.8) is 0 Å². The number of hydrogen-bond acceptors (Lipinski definition) is 6. The van der Waals surface area contributed by atoms with Crippen molar-refractivity contribution >= 4 is 5.91 Å². The molecule has 0 bridgehead atoms. The number of rotatable bonds is 6. The summed E-state index contributed by atoms with van der Waals surface area (Å²) in [5.41, 5.74) is 0.927. The van der Waals surface area contributed by atoms with Crippen LogP contribution in [0.25, 0.3) is 0 Å². The van der Waals surface area contributed by atoms with Gasteiger partial charge in [0.15, 0.2) is 5.69 Å². The number of benzene rings is 1. The van der Waals surface area contributed by atoms with Crippen LogP contribution in [0.4, 0.5) is 4.39 Å². The molecule has 150 valence electrons. The topological polar surface area (TPSA) is 94.0 Å². The van der Waals surface area contributed by atoms with Crippen LogP contribution in [0.2, 0.25) is 0 Å². The molecule has 0 radical (unpaired) electrons. The first kappa shape index (κ1) is 19.0. The molecule has 1 aliphatic heterocycles. The third-order valence-corrected chi connectivity index (χ3v) is 4.73. The highest BCUT2D eigenvalue weighted by molar-refractivity contribution is 5.91. The van der Waals surface area contributed by atoms with E-state index in [0.717, 1.165) is 25.9 Å². The number of ether oxygens (including phenoxy) is 1. The van der Waals surface area contributed by atoms with E-state index in [1.54, 1.807) is 41.3 Å². The van der Waals surface area contributed by atoms with E-state index >= 15 is 0 Å². The van der Waals surface area contributed by atoms with Gasteiger partial charge in [0.05, 0.1) is 12.2 Å². The van der Waals surface area contributed by atoms with Crippen LogP contribution in [0.3, 0.4) is 0 Å². The summed E-state index contributed by atoms with van der Waals surface area (Å²) in [6, 6.07) is 9.59. The Bertz CT molecular complexity index is 986. The fourth-order valence-corrected chi connectivity index (χ4v) is 3.19. The number of piperidine rings is 1. The normalized spacial score (nSPS) is 14.5. The van der Waals surface area contributed by atoms with Crippen LogP contribution in [-0.2, 0) is 6.54 Å². The predicted molar refractivity (Wildman–Crippen MR) is 103 cm³/mol. The Kier molecular flexibility index (Phi) is 5.76. The van der Waals surface area contributed by atoms with Gasteiger partial charge in [-0.2, -0.15) is 0 Å². The van der Waals surface area contributed by atoms with Gasteiger partial charge in [0.25, 0.3) is 5.91 Å². The molecule has 0 saturated carbocycles. The molecule has 2 N–H and O–H groups in total. The van der Waals surface area contributed by atoms with E-state index < -0.39 is 5.82 Å². The number of carbonyl (C=O) groups is 1. The first-order chi connectivity index (χ1) is 14.2. The minimum absolute atomic E-state index is 0.192. The van der Waals surface area contributed by atoms with Crippen molar-refractivity contribution in [3.8, 4) is 11.6 Å². The van der Waals surface area contributed by atoms with Crippen molar-refractivity contribution in [2.45, 2.75) is 25.4 Å². The molecule has 8 nitrogen and oxygen atoms in total. The smallest absolute Gasteiger partial charge is 0.273 e. The van der Waals surface area contributed by atoms with Crippen molar-refractivity contribution in [1.82, 2.24) is 30.6 Å². The predicted octanol–water partition coefficient (Wildman–Crippen LogP) is 2.46. The summed E-state index contributed by atoms with van der Waals surface area (Å²) in [7, 11) is 0. The summed E-state index contributed by atoms with van der Waals surface area (Å²) in [5.74, 6) is -0.0891. The molecule has 0 unspecified atom stereocenters. The van der Waals surface area contributed by atoms with Crippen LogP contribution in [-0.4, -0.2) is 39.0 Å². The minimum atomic E-state index is -0.398. The molecule has 1 fully saturated rings. The van der Waals surface area contributed by atoms with Crippen LogP contribution in [0.1, 0.15) is 34.9 Å². The van der Waals surface area contributed by atoms with Gasteiger partial charge in [-0.25, -0.2) is 14.1 Å². The van der Waals surface area contributed by atoms with Gasteiger partial charge in [0, 0.05) is 24.4 Å². The summed E-state index contributed by atoms with van der Waals surface area (Å²) in [6.07, 6.45) is 5.17. The van der Waals surface area contributed by atoms with Gasteiger partial charge in [-0.15, -0.1) is 5.10 Å². The van der Waals surface area contributed by atoms with E-state index in [-0.39, 0.29) is 24.2 Å². The molecule has 29 heavy (non-hydrogen) atoms. The molecule has 0 spiro atoms. The molecule has 9 heteroatoms. The van der Waals surface area contributed by atoms with Gasteiger partial charge >= 0.3 is 0 Å². The summed E-state index contributed by atoms with van der Waals surface area (Å²) in [6.45, 7) is 2.06. The van der Waals surface area contributed by atoms with Gasteiger partial charge in [-0.05, 0) is 44.1 Å². The Morgan fingerprint density at radius 2 is 2.14 bits per heavy atom. The molecule has 1 amide bonds. The SMILES string of the molecule is O=C(NCc1cccnc1Oc1cccc(F)c1)c1cn(C2CCNCC2)nn1. The molecular weight excluding hydrogens is 375 g/mol. The van der Waals surface area contributed by atoms with Crippen molar-refractivity contribution in [1.29, 1.82) is 0 Å². The van der Waals surface area contributed by atoms with Crippen molar-refractivity contribution < 1.29 is 13.9 Å². The lowest BCUT2D eigenvalue weighted by Crippen LogP contribution is -2.29. The van der Waals surface area contributed by atoms with Gasteiger partial charge in [-0.1, -0.05) is 17.3 Å². The van der Waals surface area contributed by atoms with Crippen LogP contribution in [0.15, 0.2) is 48.8 Å². The average Bonchev–Trinajstić information content (AvgIpc) is 3.24. The Morgan fingerprint density at radius 1 is 1.28 bits per heavy atom. The quantitative estimate of drug-likeness (QED) is 0.665. The van der Waals surface area contributed by atoms with E-state index in [0.29, 0.717) is 17.2 Å².